The molecule has 2 aromatic heterocycles. The van der Waals surface area contributed by atoms with Crippen molar-refractivity contribution < 1.29 is 4.74 Å². The summed E-state index contributed by atoms with van der Waals surface area (Å²) in [6, 6.07) is 16.7. The van der Waals surface area contributed by atoms with Gasteiger partial charge < -0.3 is 24.8 Å². The molecular formula is C28H37N7O. The van der Waals surface area contributed by atoms with E-state index < -0.39 is 0 Å². The van der Waals surface area contributed by atoms with Crippen molar-refractivity contribution in [3.8, 4) is 5.75 Å². The third kappa shape index (κ3) is 5.39. The maximum Gasteiger partial charge on any atom is 0.154 e. The highest BCUT2D eigenvalue weighted by atomic mass is 16.5. The summed E-state index contributed by atoms with van der Waals surface area (Å²) in [5.41, 5.74) is 4.26. The lowest BCUT2D eigenvalue weighted by Gasteiger charge is -2.36. The smallest absolute Gasteiger partial charge is 0.154 e. The Kier molecular flexibility index (Phi) is 7.53. The second kappa shape index (κ2) is 11.1. The van der Waals surface area contributed by atoms with Gasteiger partial charge >= 0.3 is 0 Å². The van der Waals surface area contributed by atoms with Gasteiger partial charge in [-0.2, -0.15) is 0 Å². The summed E-state index contributed by atoms with van der Waals surface area (Å²) in [5.74, 6) is 2.73. The van der Waals surface area contributed by atoms with Gasteiger partial charge in [0.15, 0.2) is 5.82 Å². The summed E-state index contributed by atoms with van der Waals surface area (Å²) >= 11 is 0. The minimum Gasteiger partial charge on any atom is -0.492 e. The van der Waals surface area contributed by atoms with Crippen molar-refractivity contribution in [1.82, 2.24) is 24.8 Å². The van der Waals surface area contributed by atoms with E-state index in [9.17, 15) is 0 Å². The molecule has 1 fully saturated rings. The van der Waals surface area contributed by atoms with E-state index in [1.54, 1.807) is 0 Å². The largest absolute Gasteiger partial charge is 0.492 e. The number of nitrogens with zero attached hydrogens (tertiary/aromatic N) is 5. The lowest BCUT2D eigenvalue weighted by atomic mass is 10.2. The number of hydrogen-bond acceptors (Lipinski definition) is 7. The van der Waals surface area contributed by atoms with Crippen LogP contribution < -0.4 is 15.0 Å². The van der Waals surface area contributed by atoms with E-state index in [-0.39, 0.29) is 0 Å². The molecule has 1 saturated heterocycles. The quantitative estimate of drug-likeness (QED) is 0.325. The zero-order chi connectivity index (χ0) is 24.9. The Balaban J connectivity index is 1.32. The van der Waals surface area contributed by atoms with Crippen molar-refractivity contribution in [2.24, 2.45) is 0 Å². The van der Waals surface area contributed by atoms with Crippen molar-refractivity contribution in [2.45, 2.75) is 19.9 Å². The first kappa shape index (κ1) is 24.3. The Hall–Kier alpha value is -3.36. The molecule has 5 rings (SSSR count). The van der Waals surface area contributed by atoms with Crippen LogP contribution in [0.4, 0.5) is 11.5 Å². The molecule has 36 heavy (non-hydrogen) atoms. The number of H-pyrrole nitrogens is 1. The van der Waals surface area contributed by atoms with Gasteiger partial charge in [-0.15, -0.1) is 0 Å². The van der Waals surface area contributed by atoms with E-state index in [1.165, 1.54) is 5.69 Å². The van der Waals surface area contributed by atoms with Gasteiger partial charge in [0.1, 0.15) is 22.6 Å². The molecule has 8 heteroatoms. The Morgan fingerprint density at radius 3 is 2.58 bits per heavy atom. The fraction of sp³-hybridized carbons (Fsp3) is 0.429. The molecule has 0 saturated carbocycles. The predicted molar refractivity (Wildman–Crippen MR) is 148 cm³/mol. The summed E-state index contributed by atoms with van der Waals surface area (Å²) in [4.78, 5) is 20.6. The van der Waals surface area contributed by atoms with Crippen LogP contribution in [0, 0.1) is 0 Å². The SMILES string of the molecule is CCOc1ccccc1N1CCN(Cc2nc(NCCCN(C)C)c3[nH]c4ccccc4c3n2)CC1. The second-order valence-corrected chi connectivity index (χ2v) is 9.63. The molecule has 0 bridgehead atoms. The fourth-order valence-electron chi connectivity index (χ4n) is 4.90. The van der Waals surface area contributed by atoms with Gasteiger partial charge in [0.25, 0.3) is 0 Å². The van der Waals surface area contributed by atoms with Crippen molar-refractivity contribution in [2.75, 3.05) is 70.2 Å². The molecule has 1 aliphatic rings. The molecule has 2 aromatic carbocycles. The minimum absolute atomic E-state index is 0.677. The molecular weight excluding hydrogens is 450 g/mol. The summed E-state index contributed by atoms with van der Waals surface area (Å²) < 4.78 is 5.86. The molecule has 4 aromatic rings. The third-order valence-electron chi connectivity index (χ3n) is 6.71. The molecule has 8 nitrogen and oxygen atoms in total. The lowest BCUT2D eigenvalue weighted by molar-refractivity contribution is 0.243. The predicted octanol–water partition coefficient (Wildman–Crippen LogP) is 4.20. The second-order valence-electron chi connectivity index (χ2n) is 9.63. The van der Waals surface area contributed by atoms with E-state index in [0.717, 1.165) is 91.6 Å². The first-order valence-corrected chi connectivity index (χ1v) is 13.0. The molecule has 3 heterocycles. The summed E-state index contributed by atoms with van der Waals surface area (Å²) in [6.45, 7) is 9.19. The average molecular weight is 488 g/mol. The van der Waals surface area contributed by atoms with Crippen LogP contribution in [0.15, 0.2) is 48.5 Å². The zero-order valence-corrected chi connectivity index (χ0v) is 21.6. The molecule has 0 radical (unpaired) electrons. The standard InChI is InChI=1S/C28H37N7O/c1-4-36-24-13-8-7-12-23(24)35-18-16-34(17-19-35)20-25-31-26-21-10-5-6-11-22(21)30-27(26)28(32-25)29-14-9-15-33(2)3/h5-8,10-13,30H,4,9,14-20H2,1-3H3,(H,29,31,32). The third-order valence-corrected chi connectivity index (χ3v) is 6.71. The first-order valence-electron chi connectivity index (χ1n) is 13.0. The molecule has 2 N–H and O–H groups in total. The van der Waals surface area contributed by atoms with Crippen molar-refractivity contribution in [3.05, 3.63) is 54.4 Å². The lowest BCUT2D eigenvalue weighted by Crippen LogP contribution is -2.46. The number of ether oxygens (including phenoxy) is 1. The number of benzene rings is 2. The maximum absolute atomic E-state index is 5.86. The van der Waals surface area contributed by atoms with Crippen LogP contribution in [-0.4, -0.2) is 84.7 Å². The van der Waals surface area contributed by atoms with E-state index in [4.69, 9.17) is 14.7 Å². The van der Waals surface area contributed by atoms with Crippen LogP contribution in [0.3, 0.4) is 0 Å². The highest BCUT2D eigenvalue weighted by Gasteiger charge is 2.21. The van der Waals surface area contributed by atoms with E-state index >= 15 is 0 Å². The topological polar surface area (TPSA) is 72.6 Å². The van der Waals surface area contributed by atoms with Crippen molar-refractivity contribution in [3.63, 3.8) is 0 Å². The number of anilines is 2. The van der Waals surface area contributed by atoms with Gasteiger partial charge in [0, 0.05) is 43.6 Å². The van der Waals surface area contributed by atoms with Gasteiger partial charge in [-0.3, -0.25) is 4.90 Å². The molecule has 0 unspecified atom stereocenters. The van der Waals surface area contributed by atoms with Crippen LogP contribution in [0.5, 0.6) is 5.75 Å². The summed E-state index contributed by atoms with van der Waals surface area (Å²) in [5, 5.41) is 4.72. The Bertz CT molecular complexity index is 1290. The Morgan fingerprint density at radius 2 is 1.78 bits per heavy atom. The maximum atomic E-state index is 5.86. The van der Waals surface area contributed by atoms with Gasteiger partial charge in [-0.05, 0) is 52.2 Å². The number of hydrogen-bond donors (Lipinski definition) is 2. The van der Waals surface area contributed by atoms with E-state index in [2.05, 4.69) is 81.6 Å². The van der Waals surface area contributed by atoms with Crippen LogP contribution in [0.1, 0.15) is 19.2 Å². The fourth-order valence-corrected chi connectivity index (χ4v) is 4.90. The zero-order valence-electron chi connectivity index (χ0n) is 21.6. The molecule has 0 aliphatic carbocycles. The monoisotopic (exact) mass is 487 g/mol. The van der Waals surface area contributed by atoms with Gasteiger partial charge in [0.2, 0.25) is 0 Å². The number of para-hydroxylation sites is 3. The Morgan fingerprint density at radius 1 is 1.00 bits per heavy atom. The van der Waals surface area contributed by atoms with Gasteiger partial charge in [-0.25, -0.2) is 9.97 Å². The number of aromatic nitrogens is 3. The van der Waals surface area contributed by atoms with E-state index in [1.807, 2.05) is 13.0 Å². The molecule has 0 amide bonds. The molecule has 0 spiro atoms. The minimum atomic E-state index is 0.677. The number of aromatic amines is 1. The van der Waals surface area contributed by atoms with E-state index in [0.29, 0.717) is 6.61 Å². The number of nitrogens with one attached hydrogen (secondary N) is 2. The Labute approximate surface area is 213 Å². The van der Waals surface area contributed by atoms with Crippen molar-refractivity contribution >= 4 is 33.4 Å². The van der Waals surface area contributed by atoms with Crippen LogP contribution in [0.2, 0.25) is 0 Å². The number of piperazine rings is 1. The van der Waals surface area contributed by atoms with Crippen LogP contribution in [0.25, 0.3) is 21.9 Å². The van der Waals surface area contributed by atoms with Gasteiger partial charge in [0.05, 0.1) is 18.8 Å². The van der Waals surface area contributed by atoms with Crippen LogP contribution in [-0.2, 0) is 6.54 Å². The molecule has 1 aliphatic heterocycles. The first-order chi connectivity index (χ1) is 17.6. The van der Waals surface area contributed by atoms with Crippen LogP contribution >= 0.6 is 0 Å². The normalized spacial score (nSPS) is 14.7. The highest BCUT2D eigenvalue weighted by Crippen LogP contribution is 2.30. The van der Waals surface area contributed by atoms with Crippen molar-refractivity contribution in [1.29, 1.82) is 0 Å². The molecule has 190 valence electrons. The van der Waals surface area contributed by atoms with Gasteiger partial charge in [-0.1, -0.05) is 30.3 Å². The summed E-state index contributed by atoms with van der Waals surface area (Å²) in [6.07, 6.45) is 1.05. The number of fused-ring (bicyclic) bond motifs is 3. The summed E-state index contributed by atoms with van der Waals surface area (Å²) in [7, 11) is 4.21. The number of rotatable bonds is 10. The average Bonchev–Trinajstić information content (AvgIpc) is 3.26. The molecule has 0 atom stereocenters. The highest BCUT2D eigenvalue weighted by molar-refractivity contribution is 6.08.